The summed E-state index contributed by atoms with van der Waals surface area (Å²) >= 11 is 0. The SMILES string of the molecule is O=C1CC2(CCNCC2)C1S(=O)(=O)c1ccc(OC(F)F)cc1. The summed E-state index contributed by atoms with van der Waals surface area (Å²) in [7, 11) is -3.83. The van der Waals surface area contributed by atoms with Gasteiger partial charge in [0.25, 0.3) is 0 Å². The third-order valence-corrected chi connectivity index (χ3v) is 6.97. The lowest BCUT2D eigenvalue weighted by Crippen LogP contribution is -2.60. The van der Waals surface area contributed by atoms with Gasteiger partial charge in [-0.2, -0.15) is 8.78 Å². The third-order valence-electron chi connectivity index (χ3n) is 4.66. The van der Waals surface area contributed by atoms with Crippen molar-refractivity contribution in [2.24, 2.45) is 5.41 Å². The van der Waals surface area contributed by atoms with Crippen molar-refractivity contribution < 1.29 is 26.7 Å². The molecule has 0 bridgehead atoms. The summed E-state index contributed by atoms with van der Waals surface area (Å²) in [5.74, 6) is -0.379. The van der Waals surface area contributed by atoms with E-state index in [9.17, 15) is 22.0 Å². The number of hydrogen-bond acceptors (Lipinski definition) is 5. The van der Waals surface area contributed by atoms with Crippen LogP contribution in [-0.4, -0.2) is 39.2 Å². The van der Waals surface area contributed by atoms with Crippen LogP contribution in [0, 0.1) is 5.41 Å². The van der Waals surface area contributed by atoms with Gasteiger partial charge in [-0.3, -0.25) is 4.79 Å². The van der Waals surface area contributed by atoms with E-state index in [-0.39, 0.29) is 16.4 Å². The quantitative estimate of drug-likeness (QED) is 0.900. The molecule has 1 N–H and O–H groups in total. The van der Waals surface area contributed by atoms with Gasteiger partial charge in [-0.15, -0.1) is 0 Å². The van der Waals surface area contributed by atoms with Crippen molar-refractivity contribution in [1.82, 2.24) is 5.32 Å². The van der Waals surface area contributed by atoms with Crippen LogP contribution in [0.5, 0.6) is 5.75 Å². The van der Waals surface area contributed by atoms with E-state index in [0.717, 1.165) is 0 Å². The number of halogens is 2. The molecule has 2 aliphatic rings. The molecule has 1 saturated carbocycles. The number of rotatable bonds is 4. The number of carbonyl (C=O) groups is 1. The smallest absolute Gasteiger partial charge is 0.387 e. The van der Waals surface area contributed by atoms with Crippen LogP contribution in [0.25, 0.3) is 0 Å². The molecule has 1 aliphatic carbocycles. The van der Waals surface area contributed by atoms with Crippen LogP contribution in [0.15, 0.2) is 29.2 Å². The van der Waals surface area contributed by atoms with Gasteiger partial charge in [-0.25, -0.2) is 8.42 Å². The third kappa shape index (κ3) is 2.85. The normalized spacial score (nSPS) is 23.8. The highest BCUT2D eigenvalue weighted by Crippen LogP contribution is 2.50. The second kappa shape index (κ2) is 5.83. The van der Waals surface area contributed by atoms with Crippen molar-refractivity contribution in [1.29, 1.82) is 0 Å². The highest BCUT2D eigenvalue weighted by molar-refractivity contribution is 7.93. The van der Waals surface area contributed by atoms with Gasteiger partial charge >= 0.3 is 6.61 Å². The van der Waals surface area contributed by atoms with E-state index in [1.165, 1.54) is 24.3 Å². The Balaban J connectivity index is 1.87. The van der Waals surface area contributed by atoms with Crippen LogP contribution < -0.4 is 10.1 Å². The number of ether oxygens (including phenoxy) is 1. The molecule has 5 nitrogen and oxygen atoms in total. The highest BCUT2D eigenvalue weighted by Gasteiger charge is 2.59. The molecule has 8 heteroatoms. The first-order valence-corrected chi connectivity index (χ1v) is 8.92. The fourth-order valence-corrected chi connectivity index (χ4v) is 5.75. The van der Waals surface area contributed by atoms with Crippen LogP contribution in [-0.2, 0) is 14.6 Å². The number of piperidine rings is 1. The predicted octanol–water partition coefficient (Wildman–Crippen LogP) is 1.77. The summed E-state index contributed by atoms with van der Waals surface area (Å²) in [4.78, 5) is 12.0. The molecular weight excluding hydrogens is 328 g/mol. The Labute approximate surface area is 132 Å². The first-order valence-electron chi connectivity index (χ1n) is 7.37. The van der Waals surface area contributed by atoms with Crippen molar-refractivity contribution in [3.05, 3.63) is 24.3 Å². The van der Waals surface area contributed by atoms with Crippen LogP contribution in [0.3, 0.4) is 0 Å². The molecular formula is C15H17F2NO4S. The maximum absolute atomic E-state index is 12.8. The van der Waals surface area contributed by atoms with E-state index in [1.807, 2.05) is 0 Å². The van der Waals surface area contributed by atoms with E-state index >= 15 is 0 Å². The van der Waals surface area contributed by atoms with Crippen LogP contribution >= 0.6 is 0 Å². The first kappa shape index (κ1) is 16.3. The van der Waals surface area contributed by atoms with Crippen molar-refractivity contribution >= 4 is 15.6 Å². The predicted molar refractivity (Wildman–Crippen MR) is 78.2 cm³/mol. The standard InChI is InChI=1S/C15H17F2NO4S/c16-14(17)22-10-1-3-11(4-2-10)23(20,21)13-12(19)9-15(13)5-7-18-8-6-15/h1-4,13-14,18H,5-9H2. The summed E-state index contributed by atoms with van der Waals surface area (Å²) < 4.78 is 54.1. The molecule has 3 rings (SSSR count). The van der Waals surface area contributed by atoms with Crippen molar-refractivity contribution in [2.75, 3.05) is 13.1 Å². The fourth-order valence-electron chi connectivity index (χ4n) is 3.56. The lowest BCUT2D eigenvalue weighted by molar-refractivity contribution is -0.133. The van der Waals surface area contributed by atoms with Crippen LogP contribution in [0.4, 0.5) is 8.78 Å². The monoisotopic (exact) mass is 345 g/mol. The van der Waals surface area contributed by atoms with Gasteiger partial charge in [0.2, 0.25) is 0 Å². The number of ketones is 1. The molecule has 1 saturated heterocycles. The average molecular weight is 345 g/mol. The van der Waals surface area contributed by atoms with Gasteiger partial charge in [0, 0.05) is 11.8 Å². The average Bonchev–Trinajstić information content (AvgIpc) is 2.47. The highest BCUT2D eigenvalue weighted by atomic mass is 32.2. The molecule has 23 heavy (non-hydrogen) atoms. The Hall–Kier alpha value is -1.54. The summed E-state index contributed by atoms with van der Waals surface area (Å²) in [5.41, 5.74) is -0.487. The lowest BCUT2D eigenvalue weighted by atomic mass is 9.62. The first-order chi connectivity index (χ1) is 10.8. The molecule has 1 heterocycles. The zero-order chi connectivity index (χ0) is 16.7. The summed E-state index contributed by atoms with van der Waals surface area (Å²) in [5, 5.41) is 2.14. The molecule has 0 amide bonds. The molecule has 1 aromatic rings. The minimum absolute atomic E-state index is 0.0323. The molecule has 1 atom stereocenters. The van der Waals surface area contributed by atoms with E-state index in [4.69, 9.17) is 0 Å². The van der Waals surface area contributed by atoms with Crippen LogP contribution in [0.1, 0.15) is 19.3 Å². The minimum Gasteiger partial charge on any atom is -0.435 e. The minimum atomic E-state index is -3.83. The molecule has 1 aromatic carbocycles. The maximum atomic E-state index is 12.8. The van der Waals surface area contributed by atoms with Gasteiger partial charge in [-0.1, -0.05) is 0 Å². The molecule has 126 valence electrons. The number of hydrogen-bond donors (Lipinski definition) is 1. The molecule has 1 aliphatic heterocycles. The topological polar surface area (TPSA) is 72.5 Å². The van der Waals surface area contributed by atoms with E-state index < -0.39 is 27.1 Å². The van der Waals surface area contributed by atoms with Gasteiger partial charge in [0.1, 0.15) is 11.0 Å². The summed E-state index contributed by atoms with van der Waals surface area (Å²) in [6.07, 6.45) is 1.59. The zero-order valence-corrected chi connectivity index (χ0v) is 13.1. The molecule has 0 aromatic heterocycles. The number of alkyl halides is 2. The zero-order valence-electron chi connectivity index (χ0n) is 12.3. The summed E-state index contributed by atoms with van der Waals surface area (Å²) in [6, 6.07) is 4.79. The van der Waals surface area contributed by atoms with E-state index in [2.05, 4.69) is 10.1 Å². The molecule has 0 radical (unpaired) electrons. The number of carbonyl (C=O) groups excluding carboxylic acids is 1. The van der Waals surface area contributed by atoms with Crippen molar-refractivity contribution in [2.45, 2.75) is 36.0 Å². The van der Waals surface area contributed by atoms with Gasteiger partial charge in [0.15, 0.2) is 15.6 Å². The number of Topliss-reactive ketones (excluding diaryl/α,β-unsaturated/α-hetero) is 1. The molecule has 1 unspecified atom stereocenters. The Bertz CT molecular complexity index is 697. The largest absolute Gasteiger partial charge is 0.435 e. The van der Waals surface area contributed by atoms with Crippen molar-refractivity contribution in [3.63, 3.8) is 0 Å². The second-order valence-electron chi connectivity index (χ2n) is 6.03. The van der Waals surface area contributed by atoms with Gasteiger partial charge in [0.05, 0.1) is 4.90 Å². The Kier molecular flexibility index (Phi) is 4.14. The van der Waals surface area contributed by atoms with Gasteiger partial charge < -0.3 is 10.1 Å². The fraction of sp³-hybridized carbons (Fsp3) is 0.533. The number of nitrogens with one attached hydrogen (secondary N) is 1. The van der Waals surface area contributed by atoms with E-state index in [0.29, 0.717) is 32.4 Å². The number of benzene rings is 1. The lowest BCUT2D eigenvalue weighted by Gasteiger charge is -2.49. The van der Waals surface area contributed by atoms with Crippen molar-refractivity contribution in [3.8, 4) is 5.75 Å². The molecule has 2 fully saturated rings. The number of sulfone groups is 1. The Morgan fingerprint density at radius 1 is 1.17 bits per heavy atom. The molecule has 1 spiro atoms. The van der Waals surface area contributed by atoms with Gasteiger partial charge in [-0.05, 0) is 50.2 Å². The summed E-state index contributed by atoms with van der Waals surface area (Å²) in [6.45, 7) is -1.58. The van der Waals surface area contributed by atoms with E-state index in [1.54, 1.807) is 0 Å². The second-order valence-corrected chi connectivity index (χ2v) is 8.06. The van der Waals surface area contributed by atoms with Crippen LogP contribution in [0.2, 0.25) is 0 Å². The Morgan fingerprint density at radius 2 is 1.78 bits per heavy atom. The maximum Gasteiger partial charge on any atom is 0.387 e. The Morgan fingerprint density at radius 3 is 2.30 bits per heavy atom.